The maximum Gasteiger partial charge on any atom is 0.412 e. The monoisotopic (exact) mass is 619 g/mol. The highest BCUT2D eigenvalue weighted by Crippen LogP contribution is 2.35. The fraction of sp³-hybridized carbons (Fsp3) is 0.533. The molecule has 0 radical (unpaired) electrons. The number of sulfonamides is 1. The number of carbonyl (C=O) groups excluding carboxylic acids is 2. The lowest BCUT2D eigenvalue weighted by molar-refractivity contribution is 0.0480. The topological polar surface area (TPSA) is 144 Å². The van der Waals surface area contributed by atoms with E-state index in [0.29, 0.717) is 18.6 Å². The Hall–Kier alpha value is -3.39. The van der Waals surface area contributed by atoms with Crippen molar-refractivity contribution < 1.29 is 42.1 Å². The first-order valence-corrected chi connectivity index (χ1v) is 15.7. The number of hydrogen-bond donors (Lipinski definition) is 2. The fourth-order valence-electron chi connectivity index (χ4n) is 5.50. The average Bonchev–Trinajstić information content (AvgIpc) is 3.48. The van der Waals surface area contributed by atoms with Gasteiger partial charge < -0.3 is 29.4 Å². The molecule has 1 saturated heterocycles. The van der Waals surface area contributed by atoms with E-state index in [9.17, 15) is 23.1 Å². The van der Waals surface area contributed by atoms with E-state index in [-0.39, 0.29) is 43.1 Å². The third kappa shape index (κ3) is 8.17. The summed E-state index contributed by atoms with van der Waals surface area (Å²) in [7, 11) is -0.991. The van der Waals surface area contributed by atoms with Gasteiger partial charge in [0.05, 0.1) is 30.2 Å². The molecular formula is C30H41N3O9S. The molecule has 0 unspecified atom stereocenters. The predicted octanol–water partition coefficient (Wildman–Crippen LogP) is 3.00. The van der Waals surface area contributed by atoms with E-state index in [4.69, 9.17) is 18.9 Å². The molecule has 1 saturated carbocycles. The van der Waals surface area contributed by atoms with Crippen LogP contribution in [0.1, 0.15) is 32.3 Å². The number of aliphatic hydroxyl groups is 1. The van der Waals surface area contributed by atoms with Crippen LogP contribution in [0.2, 0.25) is 0 Å². The van der Waals surface area contributed by atoms with E-state index in [0.717, 1.165) is 5.56 Å². The number of hydrogen-bond acceptors (Lipinski definition) is 9. The molecule has 2 aliphatic rings. The highest BCUT2D eigenvalue weighted by Gasteiger charge is 2.49. The van der Waals surface area contributed by atoms with Crippen LogP contribution in [-0.2, 0) is 30.7 Å². The van der Waals surface area contributed by atoms with Crippen LogP contribution in [-0.4, -0.2) is 99.4 Å². The lowest BCUT2D eigenvalue weighted by Gasteiger charge is -2.31. The van der Waals surface area contributed by atoms with Gasteiger partial charge in [0.1, 0.15) is 24.7 Å². The molecule has 2 amide bonds. The summed E-state index contributed by atoms with van der Waals surface area (Å²) in [5.41, 5.74) is 0.845. The van der Waals surface area contributed by atoms with Crippen LogP contribution >= 0.6 is 0 Å². The number of amides is 2. The van der Waals surface area contributed by atoms with Crippen molar-refractivity contribution in [3.8, 4) is 5.75 Å². The molecule has 0 bridgehead atoms. The largest absolute Gasteiger partial charge is 0.497 e. The fourth-order valence-corrected chi connectivity index (χ4v) is 7.12. The van der Waals surface area contributed by atoms with Gasteiger partial charge in [-0.15, -0.1) is 0 Å². The Labute approximate surface area is 252 Å². The Bertz CT molecular complexity index is 1320. The Morgan fingerprint density at radius 2 is 1.79 bits per heavy atom. The van der Waals surface area contributed by atoms with Crippen LogP contribution in [0.25, 0.3) is 0 Å². The molecule has 13 heteroatoms. The molecule has 4 rings (SSSR count). The van der Waals surface area contributed by atoms with Crippen LogP contribution in [0.15, 0.2) is 59.5 Å². The number of ether oxygens (including phenoxy) is 4. The van der Waals surface area contributed by atoms with Crippen molar-refractivity contribution in [2.75, 3.05) is 34.0 Å². The molecule has 1 aliphatic carbocycles. The molecule has 2 aromatic rings. The van der Waals surface area contributed by atoms with E-state index in [1.807, 2.05) is 44.2 Å². The predicted molar refractivity (Wildman–Crippen MR) is 157 cm³/mol. The smallest absolute Gasteiger partial charge is 0.412 e. The summed E-state index contributed by atoms with van der Waals surface area (Å²) in [5.74, 6) is 0.495. The Balaban J connectivity index is 1.48. The van der Waals surface area contributed by atoms with Gasteiger partial charge in [0.2, 0.25) is 10.0 Å². The summed E-state index contributed by atoms with van der Waals surface area (Å²) in [4.78, 5) is 26.7. The van der Waals surface area contributed by atoms with Crippen molar-refractivity contribution in [2.24, 2.45) is 5.92 Å². The van der Waals surface area contributed by atoms with E-state index < -0.39 is 46.6 Å². The third-order valence-corrected chi connectivity index (χ3v) is 9.43. The summed E-state index contributed by atoms with van der Waals surface area (Å²) in [6.45, 7) is 3.77. The summed E-state index contributed by atoms with van der Waals surface area (Å²) in [6.07, 6.45) is -2.40. The van der Waals surface area contributed by atoms with Crippen LogP contribution in [0.3, 0.4) is 0 Å². The van der Waals surface area contributed by atoms with Gasteiger partial charge in [-0.2, -0.15) is 4.31 Å². The first-order chi connectivity index (χ1) is 20.5. The molecule has 236 valence electrons. The van der Waals surface area contributed by atoms with Crippen LogP contribution in [0.4, 0.5) is 9.59 Å². The minimum absolute atomic E-state index is 0.0284. The normalized spacial score (nSPS) is 21.4. The summed E-state index contributed by atoms with van der Waals surface area (Å²) < 4.78 is 49.9. The highest BCUT2D eigenvalue weighted by molar-refractivity contribution is 7.89. The van der Waals surface area contributed by atoms with Crippen LogP contribution in [0, 0.1) is 5.92 Å². The number of carbonyl (C=O) groups is 2. The van der Waals surface area contributed by atoms with Crippen molar-refractivity contribution >= 4 is 22.2 Å². The van der Waals surface area contributed by atoms with Gasteiger partial charge in [0.25, 0.3) is 0 Å². The molecule has 1 heterocycles. The first kappa shape index (κ1) is 32.5. The Kier molecular flexibility index (Phi) is 10.9. The minimum Gasteiger partial charge on any atom is -0.497 e. The Morgan fingerprint density at radius 3 is 2.42 bits per heavy atom. The van der Waals surface area contributed by atoms with Gasteiger partial charge in [0, 0.05) is 33.0 Å². The third-order valence-electron chi connectivity index (χ3n) is 7.58. The molecular weight excluding hydrogens is 578 g/mol. The second kappa shape index (κ2) is 14.4. The summed E-state index contributed by atoms with van der Waals surface area (Å²) in [6, 6.07) is 14.2. The second-order valence-corrected chi connectivity index (χ2v) is 13.2. The molecule has 0 aromatic heterocycles. The molecule has 12 nitrogen and oxygen atoms in total. The lowest BCUT2D eigenvalue weighted by atomic mass is 10.0. The first-order valence-electron chi connectivity index (χ1n) is 14.3. The quantitative estimate of drug-likeness (QED) is 0.326. The van der Waals surface area contributed by atoms with Crippen molar-refractivity contribution in [3.63, 3.8) is 0 Å². The summed E-state index contributed by atoms with van der Waals surface area (Å²) >= 11 is 0. The molecule has 1 aliphatic heterocycles. The average molecular weight is 620 g/mol. The van der Waals surface area contributed by atoms with E-state index in [1.165, 1.54) is 35.6 Å². The van der Waals surface area contributed by atoms with Crippen molar-refractivity contribution in [1.29, 1.82) is 0 Å². The van der Waals surface area contributed by atoms with Gasteiger partial charge in [-0.3, -0.25) is 4.90 Å². The highest BCUT2D eigenvalue weighted by atomic mass is 32.2. The van der Waals surface area contributed by atoms with E-state index in [2.05, 4.69) is 5.32 Å². The number of aliphatic hydroxyl groups excluding tert-OH is 1. The second-order valence-electron chi connectivity index (χ2n) is 11.3. The number of fused-ring (bicyclic) bond motifs is 1. The Morgan fingerprint density at radius 1 is 1.09 bits per heavy atom. The standard InChI is InChI=1S/C30H41N3O9S/c1-20(2)17-32(43(37,38)24-12-10-22(40-4)11-13-24)18-27(34)25(14-21-8-6-5-7-9-21)31-29(35)41-23-15-26-28(16-23)42-30(36)33(26)19-39-3/h5-13,20,23,25-28,34H,14-19H2,1-4H3,(H,31,35)/t23-,25+,26+,27-,28-/m1/s1. The van der Waals surface area contributed by atoms with E-state index in [1.54, 1.807) is 12.1 Å². The molecule has 2 N–H and O–H groups in total. The maximum absolute atomic E-state index is 13.6. The van der Waals surface area contributed by atoms with Crippen molar-refractivity contribution in [2.45, 2.75) is 68.4 Å². The maximum atomic E-state index is 13.6. The number of rotatable bonds is 14. The molecule has 5 atom stereocenters. The van der Waals surface area contributed by atoms with Gasteiger partial charge in [-0.1, -0.05) is 44.2 Å². The number of methoxy groups -OCH3 is 2. The lowest BCUT2D eigenvalue weighted by Crippen LogP contribution is -2.51. The molecule has 2 fully saturated rings. The zero-order chi connectivity index (χ0) is 31.1. The van der Waals surface area contributed by atoms with Crippen molar-refractivity contribution in [3.05, 3.63) is 60.2 Å². The number of nitrogens with one attached hydrogen (secondary N) is 1. The number of nitrogens with zero attached hydrogens (tertiary/aromatic N) is 2. The van der Waals surface area contributed by atoms with Gasteiger partial charge in [0.15, 0.2) is 0 Å². The zero-order valence-electron chi connectivity index (χ0n) is 24.9. The molecule has 43 heavy (non-hydrogen) atoms. The van der Waals surface area contributed by atoms with Crippen LogP contribution < -0.4 is 10.1 Å². The van der Waals surface area contributed by atoms with Gasteiger partial charge in [-0.25, -0.2) is 18.0 Å². The number of alkyl carbamates (subject to hydrolysis) is 1. The van der Waals surface area contributed by atoms with Gasteiger partial charge in [-0.05, 0) is 42.2 Å². The van der Waals surface area contributed by atoms with Gasteiger partial charge >= 0.3 is 12.2 Å². The van der Waals surface area contributed by atoms with Crippen molar-refractivity contribution in [1.82, 2.24) is 14.5 Å². The summed E-state index contributed by atoms with van der Waals surface area (Å²) in [5, 5.41) is 14.2. The number of benzene rings is 2. The molecule has 0 spiro atoms. The van der Waals surface area contributed by atoms with Crippen LogP contribution in [0.5, 0.6) is 5.75 Å². The SMILES string of the molecule is COCN1C(=O)O[C@@H]2C[C@H](OC(=O)N[C@@H](Cc3ccccc3)[C@H](O)CN(CC(C)C)S(=O)(=O)c3ccc(OC)cc3)C[C@@H]21. The van der Waals surface area contributed by atoms with E-state index >= 15 is 0 Å². The zero-order valence-corrected chi connectivity index (χ0v) is 25.7. The molecule has 2 aromatic carbocycles. The minimum atomic E-state index is -3.98.